The van der Waals surface area contributed by atoms with Gasteiger partial charge in [0.1, 0.15) is 0 Å². The smallest absolute Gasteiger partial charge is 0.376 e. The average Bonchev–Trinajstić information content (AvgIpc) is 3.74. The van der Waals surface area contributed by atoms with Gasteiger partial charge in [0.05, 0.1) is 12.1 Å². The van der Waals surface area contributed by atoms with Crippen LogP contribution in [-0.2, 0) is 30.5 Å². The van der Waals surface area contributed by atoms with Crippen LogP contribution in [0.2, 0.25) is 0 Å². The van der Waals surface area contributed by atoms with Crippen LogP contribution in [0.4, 0.5) is 27.6 Å². The number of rotatable bonds is 10. The zero-order valence-corrected chi connectivity index (χ0v) is 22.7. The Balaban J connectivity index is 1.28. The van der Waals surface area contributed by atoms with Crippen LogP contribution in [-0.4, -0.2) is 72.3 Å². The molecule has 5 rings (SSSR count). The predicted octanol–water partition coefficient (Wildman–Crippen LogP) is 5.65. The lowest BCUT2D eigenvalue weighted by molar-refractivity contribution is -0.139. The van der Waals surface area contributed by atoms with Gasteiger partial charge in [0, 0.05) is 70.9 Å². The Morgan fingerprint density at radius 3 is 2.48 bits per heavy atom. The van der Waals surface area contributed by atoms with Crippen molar-refractivity contribution in [2.24, 2.45) is 5.92 Å². The minimum Gasteiger partial charge on any atom is -0.376 e. The average molecular weight is 565 g/mol. The summed E-state index contributed by atoms with van der Waals surface area (Å²) in [5, 5.41) is 3.27. The highest BCUT2D eigenvalue weighted by molar-refractivity contribution is 5.81. The fraction of sp³-hybridized carbons (Fsp3) is 0.567. The maximum atomic E-state index is 13.7. The molecule has 1 amide bonds. The van der Waals surface area contributed by atoms with Crippen LogP contribution in [0.25, 0.3) is 0 Å². The van der Waals surface area contributed by atoms with E-state index in [4.69, 9.17) is 0 Å². The molecule has 0 unspecified atom stereocenters. The molecule has 2 fully saturated rings. The predicted molar refractivity (Wildman–Crippen MR) is 144 cm³/mol. The molecule has 0 aromatic heterocycles. The quantitative estimate of drug-likeness (QED) is 0.379. The molecule has 218 valence electrons. The Morgan fingerprint density at radius 2 is 1.75 bits per heavy atom. The fourth-order valence-electron chi connectivity index (χ4n) is 5.70. The van der Waals surface area contributed by atoms with E-state index < -0.39 is 17.7 Å². The minimum atomic E-state index is -4.54. The van der Waals surface area contributed by atoms with Crippen LogP contribution in [0.3, 0.4) is 0 Å². The van der Waals surface area contributed by atoms with Crippen molar-refractivity contribution in [1.82, 2.24) is 14.7 Å². The van der Waals surface area contributed by atoms with E-state index >= 15 is 0 Å². The summed E-state index contributed by atoms with van der Waals surface area (Å²) in [5.74, 6) is -2.24. The second-order valence-electron chi connectivity index (χ2n) is 11.4. The summed E-state index contributed by atoms with van der Waals surface area (Å²) in [5.41, 5.74) is 2.54. The van der Waals surface area contributed by atoms with E-state index in [1.54, 1.807) is 0 Å². The van der Waals surface area contributed by atoms with Gasteiger partial charge in [0.25, 0.3) is 5.92 Å². The van der Waals surface area contributed by atoms with Crippen LogP contribution in [0, 0.1) is 5.92 Å². The van der Waals surface area contributed by atoms with E-state index in [2.05, 4.69) is 16.3 Å². The van der Waals surface area contributed by atoms with Gasteiger partial charge >= 0.3 is 6.18 Å². The largest absolute Gasteiger partial charge is 0.416 e. The number of piperidine rings is 1. The van der Waals surface area contributed by atoms with Gasteiger partial charge in [-0.2, -0.15) is 13.2 Å². The summed E-state index contributed by atoms with van der Waals surface area (Å²) in [7, 11) is 0. The monoisotopic (exact) mass is 564 g/mol. The van der Waals surface area contributed by atoms with Crippen molar-refractivity contribution < 1.29 is 26.7 Å². The van der Waals surface area contributed by atoms with E-state index in [9.17, 15) is 26.7 Å². The first-order valence-corrected chi connectivity index (χ1v) is 14.2. The van der Waals surface area contributed by atoms with Crippen molar-refractivity contribution in [2.75, 3.05) is 51.1 Å². The topological polar surface area (TPSA) is 38.8 Å². The molecule has 2 heterocycles. The summed E-state index contributed by atoms with van der Waals surface area (Å²) in [6, 6.07) is 11.3. The lowest BCUT2D eigenvalue weighted by Crippen LogP contribution is -2.45. The van der Waals surface area contributed by atoms with E-state index in [0.29, 0.717) is 6.54 Å². The first-order chi connectivity index (χ1) is 19.1. The van der Waals surface area contributed by atoms with E-state index in [1.165, 1.54) is 47.1 Å². The maximum Gasteiger partial charge on any atom is 0.416 e. The van der Waals surface area contributed by atoms with Crippen LogP contribution >= 0.6 is 0 Å². The van der Waals surface area contributed by atoms with Crippen molar-refractivity contribution in [3.63, 3.8) is 0 Å². The molecule has 2 aromatic carbocycles. The van der Waals surface area contributed by atoms with Crippen LogP contribution in [0.1, 0.15) is 47.9 Å². The molecule has 0 spiro atoms. The van der Waals surface area contributed by atoms with Crippen LogP contribution in [0.15, 0.2) is 42.5 Å². The molecule has 1 saturated carbocycles. The van der Waals surface area contributed by atoms with Crippen molar-refractivity contribution in [2.45, 2.75) is 57.3 Å². The summed E-state index contributed by atoms with van der Waals surface area (Å²) < 4.78 is 68.3. The molecule has 3 aliphatic rings. The number of carbonyl (C=O) groups excluding carboxylic acids is 1. The van der Waals surface area contributed by atoms with Gasteiger partial charge in [-0.1, -0.05) is 30.3 Å². The third-order valence-corrected chi connectivity index (χ3v) is 8.31. The molecule has 0 atom stereocenters. The van der Waals surface area contributed by atoms with Crippen molar-refractivity contribution >= 4 is 11.6 Å². The van der Waals surface area contributed by atoms with Gasteiger partial charge in [-0.3, -0.25) is 9.69 Å². The molecule has 40 heavy (non-hydrogen) atoms. The zero-order chi connectivity index (χ0) is 28.3. The number of nitrogens with one attached hydrogen (secondary N) is 1. The third kappa shape index (κ3) is 7.51. The maximum absolute atomic E-state index is 13.7. The molecule has 1 aliphatic carbocycles. The number of likely N-dealkylation sites (tertiary alicyclic amines) is 1. The zero-order valence-electron chi connectivity index (χ0n) is 22.7. The summed E-state index contributed by atoms with van der Waals surface area (Å²) in [6.07, 6.45) is -1.54. The van der Waals surface area contributed by atoms with Gasteiger partial charge in [0.15, 0.2) is 0 Å². The fourth-order valence-corrected chi connectivity index (χ4v) is 5.70. The number of amides is 1. The third-order valence-electron chi connectivity index (χ3n) is 8.31. The standard InChI is InChI=1S/C30H37F5N4O/c31-29(32)11-14-37(15-12-29)16-17-39(20-24-4-1-2-6-26(24)30(33,34)35)28(40)18-36-27-7-3-5-23-10-13-38(21-25(23)27)19-22-8-9-22/h1-7,22,36H,8-21H2. The molecule has 1 saturated heterocycles. The van der Waals surface area contributed by atoms with Gasteiger partial charge in [-0.25, -0.2) is 8.78 Å². The highest BCUT2D eigenvalue weighted by Crippen LogP contribution is 2.34. The Morgan fingerprint density at radius 1 is 1.00 bits per heavy atom. The van der Waals surface area contributed by atoms with Gasteiger partial charge < -0.3 is 15.1 Å². The molecule has 1 N–H and O–H groups in total. The molecular weight excluding hydrogens is 527 g/mol. The Labute approximate surface area is 232 Å². The summed E-state index contributed by atoms with van der Waals surface area (Å²) in [4.78, 5) is 19.2. The molecule has 0 bridgehead atoms. The number of carbonyl (C=O) groups is 1. The van der Waals surface area contributed by atoms with E-state index in [0.717, 1.165) is 43.7 Å². The number of alkyl halides is 5. The highest BCUT2D eigenvalue weighted by atomic mass is 19.4. The summed E-state index contributed by atoms with van der Waals surface area (Å²) in [6.45, 7) is 3.51. The molecule has 10 heteroatoms. The first-order valence-electron chi connectivity index (χ1n) is 14.2. The Hall–Kier alpha value is -2.72. The van der Waals surface area contributed by atoms with Gasteiger partial charge in [0.2, 0.25) is 5.91 Å². The van der Waals surface area contributed by atoms with Crippen LogP contribution in [0.5, 0.6) is 0 Å². The van der Waals surface area contributed by atoms with Gasteiger partial charge in [-0.05, 0) is 54.0 Å². The number of halogens is 5. The number of nitrogens with zero attached hydrogens (tertiary/aromatic N) is 3. The number of anilines is 1. The van der Waals surface area contributed by atoms with Crippen LogP contribution < -0.4 is 5.32 Å². The molecule has 0 radical (unpaired) electrons. The highest BCUT2D eigenvalue weighted by Gasteiger charge is 2.35. The Bertz CT molecular complexity index is 1170. The molecule has 2 aliphatic heterocycles. The SMILES string of the molecule is O=C(CNc1cccc2c1CN(CC1CC1)CC2)N(CCN1CCC(F)(F)CC1)Cc1ccccc1C(F)(F)F. The molecule has 5 nitrogen and oxygen atoms in total. The van der Waals surface area contributed by atoms with Crippen molar-refractivity contribution in [1.29, 1.82) is 0 Å². The molecular formula is C30H37F5N4O. The number of fused-ring (bicyclic) bond motifs is 1. The minimum absolute atomic E-state index is 0.0151. The van der Waals surface area contributed by atoms with E-state index in [-0.39, 0.29) is 57.0 Å². The number of benzene rings is 2. The first kappa shape index (κ1) is 28.8. The normalized spacial score (nSPS) is 19.7. The lowest BCUT2D eigenvalue weighted by atomic mass is 9.97. The van der Waals surface area contributed by atoms with Gasteiger partial charge in [-0.15, -0.1) is 0 Å². The number of hydrogen-bond acceptors (Lipinski definition) is 4. The van der Waals surface area contributed by atoms with E-state index in [1.807, 2.05) is 17.0 Å². The van der Waals surface area contributed by atoms with Crippen molar-refractivity contribution in [3.8, 4) is 0 Å². The Kier molecular flexibility index (Phi) is 8.66. The molecule has 2 aromatic rings. The lowest BCUT2D eigenvalue weighted by Gasteiger charge is -2.34. The van der Waals surface area contributed by atoms with Crippen molar-refractivity contribution in [3.05, 3.63) is 64.7 Å². The summed E-state index contributed by atoms with van der Waals surface area (Å²) >= 11 is 0. The second-order valence-corrected chi connectivity index (χ2v) is 11.4. The second kappa shape index (κ2) is 12.0. The number of hydrogen-bond donors (Lipinski definition) is 1.